The molecule has 8 nitrogen and oxygen atoms in total. The van der Waals surface area contributed by atoms with Crippen LogP contribution in [0.15, 0.2) is 71.6 Å². The van der Waals surface area contributed by atoms with E-state index in [2.05, 4.69) is 12.2 Å². The molecule has 3 aromatic carbocycles. The number of nitrogens with zero attached hydrogens (tertiary/aromatic N) is 1. The zero-order valence-corrected chi connectivity index (χ0v) is 22.5. The van der Waals surface area contributed by atoms with Gasteiger partial charge in [-0.05, 0) is 55.3 Å². The third-order valence-corrected chi connectivity index (χ3v) is 7.49. The molecule has 3 aromatic rings. The molecule has 198 valence electrons. The molecule has 0 atom stereocenters. The highest BCUT2D eigenvalue weighted by atomic mass is 32.2. The van der Waals surface area contributed by atoms with Gasteiger partial charge in [-0.25, -0.2) is 8.42 Å². The second-order valence-electron chi connectivity index (χ2n) is 8.46. The summed E-state index contributed by atoms with van der Waals surface area (Å²) in [5.74, 6) is 1.04. The minimum atomic E-state index is -4.05. The Labute approximate surface area is 219 Å². The second kappa shape index (κ2) is 13.0. The Kier molecular flexibility index (Phi) is 9.79. The Balaban J connectivity index is 1.73. The van der Waals surface area contributed by atoms with Crippen molar-refractivity contribution in [2.24, 2.45) is 0 Å². The largest absolute Gasteiger partial charge is 0.493 e. The van der Waals surface area contributed by atoms with Crippen molar-refractivity contribution in [1.82, 2.24) is 5.32 Å². The molecular formula is C28H34N2O6S. The standard InChI is InChI=1S/C28H34N2O6S/c1-5-6-22-9-12-24(13-10-22)36-18-17-29-28(31)20-30(23-11-16-26(34-3)27(19-23)35-4)37(32,33)25-14-7-21(2)8-15-25/h7-16,19H,5-6,17-18,20H2,1-4H3,(H,29,31). The van der Waals surface area contributed by atoms with Crippen LogP contribution in [-0.2, 0) is 21.2 Å². The van der Waals surface area contributed by atoms with Crippen LogP contribution in [0, 0.1) is 6.92 Å². The van der Waals surface area contributed by atoms with Gasteiger partial charge in [0.05, 0.1) is 31.3 Å². The fraction of sp³-hybridized carbons (Fsp3) is 0.321. The number of hydrogen-bond acceptors (Lipinski definition) is 6. The SMILES string of the molecule is CCCc1ccc(OCCNC(=O)CN(c2ccc(OC)c(OC)c2)S(=O)(=O)c2ccc(C)cc2)cc1. The van der Waals surface area contributed by atoms with E-state index < -0.39 is 22.5 Å². The molecule has 0 spiro atoms. The molecule has 9 heteroatoms. The van der Waals surface area contributed by atoms with Crippen molar-refractivity contribution in [3.05, 3.63) is 77.9 Å². The number of nitrogens with one attached hydrogen (secondary N) is 1. The van der Waals surface area contributed by atoms with Crippen molar-refractivity contribution >= 4 is 21.6 Å². The highest BCUT2D eigenvalue weighted by Gasteiger charge is 2.28. The molecule has 0 saturated carbocycles. The Bertz CT molecular complexity index is 1280. The first-order valence-electron chi connectivity index (χ1n) is 12.1. The molecule has 0 aliphatic carbocycles. The van der Waals surface area contributed by atoms with Crippen LogP contribution in [0.25, 0.3) is 0 Å². The molecular weight excluding hydrogens is 492 g/mol. The van der Waals surface area contributed by atoms with Crippen LogP contribution >= 0.6 is 0 Å². The van der Waals surface area contributed by atoms with E-state index in [0.29, 0.717) is 17.2 Å². The molecule has 1 N–H and O–H groups in total. The van der Waals surface area contributed by atoms with Gasteiger partial charge in [0.2, 0.25) is 5.91 Å². The maximum Gasteiger partial charge on any atom is 0.264 e. The normalized spacial score (nSPS) is 11.0. The van der Waals surface area contributed by atoms with Gasteiger partial charge in [0.15, 0.2) is 11.5 Å². The average Bonchev–Trinajstić information content (AvgIpc) is 2.90. The molecule has 37 heavy (non-hydrogen) atoms. The lowest BCUT2D eigenvalue weighted by molar-refractivity contribution is -0.119. The monoisotopic (exact) mass is 526 g/mol. The van der Waals surface area contributed by atoms with Crippen molar-refractivity contribution in [2.45, 2.75) is 31.6 Å². The summed E-state index contributed by atoms with van der Waals surface area (Å²) in [5.41, 5.74) is 2.44. The van der Waals surface area contributed by atoms with E-state index >= 15 is 0 Å². The predicted octanol–water partition coefficient (Wildman–Crippen LogP) is 4.36. The molecule has 0 fully saturated rings. The maximum absolute atomic E-state index is 13.6. The van der Waals surface area contributed by atoms with Crippen LogP contribution in [0.5, 0.6) is 17.2 Å². The first-order valence-corrected chi connectivity index (χ1v) is 13.5. The number of methoxy groups -OCH3 is 2. The predicted molar refractivity (Wildman–Crippen MR) is 144 cm³/mol. The first-order chi connectivity index (χ1) is 17.8. The van der Waals surface area contributed by atoms with Crippen LogP contribution in [0.2, 0.25) is 0 Å². The number of benzene rings is 3. The molecule has 0 bridgehead atoms. The van der Waals surface area contributed by atoms with Crippen molar-refractivity contribution < 1.29 is 27.4 Å². The molecule has 0 aliphatic heterocycles. The summed E-state index contributed by atoms with van der Waals surface area (Å²) in [5, 5.41) is 2.74. The van der Waals surface area contributed by atoms with E-state index in [1.807, 2.05) is 31.2 Å². The molecule has 0 aliphatic rings. The Morgan fingerprint density at radius 3 is 2.22 bits per heavy atom. The zero-order chi connectivity index (χ0) is 26.8. The quantitative estimate of drug-likeness (QED) is 0.333. The summed E-state index contributed by atoms with van der Waals surface area (Å²) >= 11 is 0. The van der Waals surface area contributed by atoms with Gasteiger partial charge in [0.25, 0.3) is 10.0 Å². The van der Waals surface area contributed by atoms with Gasteiger partial charge in [-0.15, -0.1) is 0 Å². The third-order valence-electron chi connectivity index (χ3n) is 5.71. The number of hydrogen-bond donors (Lipinski definition) is 1. The minimum absolute atomic E-state index is 0.0792. The molecule has 0 unspecified atom stereocenters. The van der Waals surface area contributed by atoms with Crippen molar-refractivity contribution in [2.75, 3.05) is 38.2 Å². The topological polar surface area (TPSA) is 94.2 Å². The van der Waals surface area contributed by atoms with E-state index in [1.165, 1.54) is 38.0 Å². The van der Waals surface area contributed by atoms with Gasteiger partial charge in [0, 0.05) is 6.07 Å². The summed E-state index contributed by atoms with van der Waals surface area (Å²) in [6.45, 7) is 4.06. The van der Waals surface area contributed by atoms with E-state index in [4.69, 9.17) is 14.2 Å². The lowest BCUT2D eigenvalue weighted by atomic mass is 10.1. The van der Waals surface area contributed by atoms with Crippen LogP contribution in [0.1, 0.15) is 24.5 Å². The number of aryl methyl sites for hydroxylation is 2. The Morgan fingerprint density at radius 1 is 0.919 bits per heavy atom. The number of amides is 1. The fourth-order valence-electron chi connectivity index (χ4n) is 3.72. The van der Waals surface area contributed by atoms with Crippen molar-refractivity contribution in [3.8, 4) is 17.2 Å². The van der Waals surface area contributed by atoms with Crippen molar-refractivity contribution in [3.63, 3.8) is 0 Å². The second-order valence-corrected chi connectivity index (χ2v) is 10.3. The number of sulfonamides is 1. The summed E-state index contributed by atoms with van der Waals surface area (Å²) in [4.78, 5) is 12.9. The van der Waals surface area contributed by atoms with E-state index in [9.17, 15) is 13.2 Å². The minimum Gasteiger partial charge on any atom is -0.493 e. The lowest BCUT2D eigenvalue weighted by Gasteiger charge is -2.25. The lowest BCUT2D eigenvalue weighted by Crippen LogP contribution is -2.42. The summed E-state index contributed by atoms with van der Waals surface area (Å²) in [7, 11) is -1.09. The molecule has 0 heterocycles. The number of carbonyl (C=O) groups is 1. The van der Waals surface area contributed by atoms with Gasteiger partial charge >= 0.3 is 0 Å². The van der Waals surface area contributed by atoms with E-state index in [1.54, 1.807) is 24.3 Å². The van der Waals surface area contributed by atoms with Gasteiger partial charge in [-0.3, -0.25) is 9.10 Å². The van der Waals surface area contributed by atoms with Gasteiger partial charge in [-0.2, -0.15) is 0 Å². The van der Waals surface area contributed by atoms with Crippen LogP contribution < -0.4 is 23.8 Å². The first kappa shape index (κ1) is 27.9. The molecule has 1 amide bonds. The molecule has 0 radical (unpaired) electrons. The molecule has 0 aromatic heterocycles. The van der Waals surface area contributed by atoms with E-state index in [-0.39, 0.29) is 23.7 Å². The molecule has 0 saturated heterocycles. The van der Waals surface area contributed by atoms with Crippen LogP contribution in [0.4, 0.5) is 5.69 Å². The summed E-state index contributed by atoms with van der Waals surface area (Å²) < 4.78 is 44.5. The van der Waals surface area contributed by atoms with Gasteiger partial charge in [-0.1, -0.05) is 43.2 Å². The van der Waals surface area contributed by atoms with Crippen LogP contribution in [0.3, 0.4) is 0 Å². The fourth-order valence-corrected chi connectivity index (χ4v) is 5.13. The maximum atomic E-state index is 13.6. The number of rotatable bonds is 13. The number of carbonyl (C=O) groups excluding carboxylic acids is 1. The Hall–Kier alpha value is -3.72. The number of ether oxygens (including phenoxy) is 3. The Morgan fingerprint density at radius 2 is 1.59 bits per heavy atom. The highest BCUT2D eigenvalue weighted by Crippen LogP contribution is 2.33. The number of anilines is 1. The summed E-state index contributed by atoms with van der Waals surface area (Å²) in [6.07, 6.45) is 2.09. The third kappa shape index (κ3) is 7.39. The smallest absolute Gasteiger partial charge is 0.264 e. The van der Waals surface area contributed by atoms with Crippen LogP contribution in [-0.4, -0.2) is 48.2 Å². The van der Waals surface area contributed by atoms with Gasteiger partial charge < -0.3 is 19.5 Å². The summed E-state index contributed by atoms with van der Waals surface area (Å²) in [6, 6.07) is 19.0. The average molecular weight is 527 g/mol. The zero-order valence-electron chi connectivity index (χ0n) is 21.7. The van der Waals surface area contributed by atoms with Crippen molar-refractivity contribution in [1.29, 1.82) is 0 Å². The highest BCUT2D eigenvalue weighted by molar-refractivity contribution is 7.92. The van der Waals surface area contributed by atoms with Gasteiger partial charge in [0.1, 0.15) is 18.9 Å². The van der Waals surface area contributed by atoms with E-state index in [0.717, 1.165) is 22.7 Å². The molecule has 3 rings (SSSR count).